The molecule has 280 valence electrons. The van der Waals surface area contributed by atoms with E-state index in [0.717, 1.165) is 77.9 Å². The Balaban J connectivity index is 1.10. The number of fused-ring (bicyclic) bond motifs is 6. The predicted molar refractivity (Wildman–Crippen MR) is 247 cm³/mol. The third-order valence-corrected chi connectivity index (χ3v) is 10.9. The van der Waals surface area contributed by atoms with Crippen LogP contribution in [0.25, 0.3) is 64.5 Å². The van der Waals surface area contributed by atoms with Crippen LogP contribution in [-0.4, -0.2) is 9.97 Å². The van der Waals surface area contributed by atoms with Gasteiger partial charge in [-0.3, -0.25) is 0 Å². The lowest BCUT2D eigenvalue weighted by molar-refractivity contribution is 1.28. The fraction of sp³-hybridized carbons (Fsp3) is 0. The predicted octanol–water partition coefficient (Wildman–Crippen LogP) is 15.3. The number of hydrogen-bond donors (Lipinski definition) is 0. The van der Waals surface area contributed by atoms with Crippen LogP contribution in [0, 0.1) is 13.1 Å². The summed E-state index contributed by atoms with van der Waals surface area (Å²) in [5.74, 6) is 0.0203. The van der Waals surface area contributed by atoms with Gasteiger partial charge in [-0.2, -0.15) is 0 Å². The van der Waals surface area contributed by atoms with Gasteiger partial charge < -0.3 is 19.5 Å². The van der Waals surface area contributed by atoms with Crippen LogP contribution >= 0.6 is 0 Å². The third kappa shape index (κ3) is 6.51. The van der Waals surface area contributed by atoms with E-state index < -0.39 is 0 Å². The van der Waals surface area contributed by atoms with Crippen LogP contribution in [0.3, 0.4) is 0 Å². The van der Waals surface area contributed by atoms with Crippen LogP contribution < -0.4 is 9.80 Å². The van der Waals surface area contributed by atoms with Crippen molar-refractivity contribution in [3.05, 3.63) is 229 Å². The molecule has 0 aliphatic rings. The topological polar surface area (TPSA) is 41.0 Å². The normalized spacial score (nSPS) is 11.0. The van der Waals surface area contributed by atoms with E-state index in [2.05, 4.69) is 201 Å². The number of para-hydroxylation sites is 4. The number of benzene rings is 9. The lowest BCUT2D eigenvalue weighted by Gasteiger charge is -2.25. The van der Waals surface area contributed by atoms with E-state index in [9.17, 15) is 0 Å². The highest BCUT2D eigenvalue weighted by atomic mass is 15.1. The van der Waals surface area contributed by atoms with Gasteiger partial charge in [-0.25, -0.2) is 0 Å². The lowest BCUT2D eigenvalue weighted by atomic mass is 9.93. The zero-order valence-electron chi connectivity index (χ0n) is 32.3. The second-order valence-corrected chi connectivity index (χ2v) is 14.4. The number of aromatic nitrogens is 2. The second kappa shape index (κ2) is 15.4. The van der Waals surface area contributed by atoms with Crippen LogP contribution in [0.1, 0.15) is 0 Å². The van der Waals surface area contributed by atoms with E-state index >= 15 is 0 Å². The molecule has 0 bridgehead atoms. The SMILES string of the molecule is [C-]#[N+]c1nc2c3ccc(-c4ccc(N(c5ccccc5)c5ccccc5)cc4)cc3c3cc(-c4ccc(N(c5ccccc5)c5ccccc5)cc4)ccc3c2nc1[N+]#[C-]. The maximum Gasteiger partial charge on any atom is 0.294 e. The zero-order valence-corrected chi connectivity index (χ0v) is 32.3. The Kier molecular flexibility index (Phi) is 9.19. The molecule has 0 saturated heterocycles. The molecule has 6 heteroatoms. The van der Waals surface area contributed by atoms with Crippen molar-refractivity contribution in [2.45, 2.75) is 0 Å². The average molecular weight is 767 g/mol. The molecule has 0 amide bonds. The van der Waals surface area contributed by atoms with Crippen LogP contribution in [-0.2, 0) is 0 Å². The molecule has 10 aromatic rings. The zero-order chi connectivity index (χ0) is 40.4. The van der Waals surface area contributed by atoms with Crippen molar-refractivity contribution in [1.29, 1.82) is 0 Å². The van der Waals surface area contributed by atoms with Crippen molar-refractivity contribution in [3.63, 3.8) is 0 Å². The minimum atomic E-state index is 0.0101. The quantitative estimate of drug-likeness (QED) is 0.114. The molecule has 0 aliphatic heterocycles. The third-order valence-electron chi connectivity index (χ3n) is 10.9. The van der Waals surface area contributed by atoms with Crippen molar-refractivity contribution >= 4 is 78.3 Å². The molecule has 0 N–H and O–H groups in total. The van der Waals surface area contributed by atoms with Gasteiger partial charge >= 0.3 is 0 Å². The first-order chi connectivity index (χ1) is 29.7. The van der Waals surface area contributed by atoms with Gasteiger partial charge in [-0.15, -0.1) is 9.97 Å². The van der Waals surface area contributed by atoms with Gasteiger partial charge in [0.2, 0.25) is 11.0 Å². The lowest BCUT2D eigenvalue weighted by Crippen LogP contribution is -2.09. The Labute approximate surface area is 348 Å². The molecule has 9 aromatic carbocycles. The first-order valence-corrected chi connectivity index (χ1v) is 19.6. The van der Waals surface area contributed by atoms with E-state index in [0.29, 0.717) is 11.0 Å². The Bertz CT molecular complexity index is 2950. The van der Waals surface area contributed by atoms with E-state index in [-0.39, 0.29) is 11.6 Å². The Morgan fingerprint density at radius 3 is 0.883 bits per heavy atom. The summed E-state index contributed by atoms with van der Waals surface area (Å²) < 4.78 is 0. The van der Waals surface area contributed by atoms with Crippen molar-refractivity contribution < 1.29 is 0 Å². The van der Waals surface area contributed by atoms with Crippen LogP contribution in [0.5, 0.6) is 0 Å². The molecule has 0 radical (unpaired) electrons. The van der Waals surface area contributed by atoms with E-state index in [4.69, 9.17) is 23.1 Å². The summed E-state index contributed by atoms with van der Waals surface area (Å²) in [6.45, 7) is 15.5. The van der Waals surface area contributed by atoms with Gasteiger partial charge in [0.05, 0.1) is 0 Å². The largest absolute Gasteiger partial charge is 0.370 e. The highest BCUT2D eigenvalue weighted by molar-refractivity contribution is 6.24. The molecule has 0 atom stereocenters. The van der Waals surface area contributed by atoms with Crippen LogP contribution in [0.4, 0.5) is 45.8 Å². The number of nitrogens with zero attached hydrogens (tertiary/aromatic N) is 6. The summed E-state index contributed by atoms with van der Waals surface area (Å²) in [4.78, 5) is 21.2. The number of rotatable bonds is 8. The molecule has 0 aliphatic carbocycles. The monoisotopic (exact) mass is 766 g/mol. The standard InChI is InChI=1S/C54H34N6/c1-55-53-54(56-2)58-52-48-34-28-40(38-25-31-46(32-26-38)60(43-19-11-5-12-20-43)44-21-13-6-14-22-44)36-50(48)49-35-39(27-33-47(49)51(52)57-53)37-23-29-45(30-24-37)59(41-15-7-3-8-16-41)42-17-9-4-10-18-42/h3-36H. The van der Waals surface area contributed by atoms with Gasteiger partial charge in [-0.1, -0.05) is 122 Å². The minimum Gasteiger partial charge on any atom is -0.370 e. The molecule has 0 saturated carbocycles. The number of hydrogen-bond acceptors (Lipinski definition) is 4. The molecule has 0 fully saturated rings. The number of anilines is 6. The van der Waals surface area contributed by atoms with Crippen molar-refractivity contribution in [1.82, 2.24) is 9.97 Å². The Hall–Kier alpha value is -8.58. The van der Waals surface area contributed by atoms with E-state index in [1.165, 1.54) is 0 Å². The van der Waals surface area contributed by atoms with Crippen molar-refractivity contribution in [3.8, 4) is 22.3 Å². The molecule has 1 heterocycles. The summed E-state index contributed by atoms with van der Waals surface area (Å²) in [6, 6.07) is 71.7. The first kappa shape index (κ1) is 35.8. The molecule has 1 aromatic heterocycles. The maximum absolute atomic E-state index is 7.77. The molecule has 6 nitrogen and oxygen atoms in total. The molecule has 10 rings (SSSR count). The summed E-state index contributed by atoms with van der Waals surface area (Å²) in [6.07, 6.45) is 0. The molecule has 0 spiro atoms. The summed E-state index contributed by atoms with van der Waals surface area (Å²) in [7, 11) is 0. The molecular weight excluding hydrogens is 733 g/mol. The molecular formula is C54H34N6. The van der Waals surface area contributed by atoms with Gasteiger partial charge in [0, 0.05) is 44.9 Å². The fourth-order valence-electron chi connectivity index (χ4n) is 8.06. The smallest absolute Gasteiger partial charge is 0.294 e. The first-order valence-electron chi connectivity index (χ1n) is 19.6. The van der Waals surface area contributed by atoms with E-state index in [1.54, 1.807) is 0 Å². The Morgan fingerprint density at radius 1 is 0.300 bits per heavy atom. The maximum atomic E-state index is 7.77. The van der Waals surface area contributed by atoms with Gasteiger partial charge in [0.15, 0.2) is 0 Å². The summed E-state index contributed by atoms with van der Waals surface area (Å²) in [5, 5.41) is 3.74. The summed E-state index contributed by atoms with van der Waals surface area (Å²) in [5.41, 5.74) is 11.9. The highest BCUT2D eigenvalue weighted by Crippen LogP contribution is 2.42. The van der Waals surface area contributed by atoms with Gasteiger partial charge in [0.1, 0.15) is 0 Å². The summed E-state index contributed by atoms with van der Waals surface area (Å²) >= 11 is 0. The fourth-order valence-corrected chi connectivity index (χ4v) is 8.06. The van der Waals surface area contributed by atoms with Gasteiger partial charge in [0.25, 0.3) is 11.6 Å². The van der Waals surface area contributed by atoms with Gasteiger partial charge in [-0.05, 0) is 130 Å². The minimum absolute atomic E-state index is 0.0101. The molecule has 60 heavy (non-hydrogen) atoms. The average Bonchev–Trinajstić information content (AvgIpc) is 3.33. The van der Waals surface area contributed by atoms with Crippen LogP contribution in [0.15, 0.2) is 206 Å². The Morgan fingerprint density at radius 2 is 0.583 bits per heavy atom. The van der Waals surface area contributed by atoms with E-state index in [1.807, 2.05) is 24.3 Å². The van der Waals surface area contributed by atoms with Crippen molar-refractivity contribution in [2.24, 2.45) is 0 Å². The second-order valence-electron chi connectivity index (χ2n) is 14.4. The van der Waals surface area contributed by atoms with Crippen molar-refractivity contribution in [2.75, 3.05) is 9.80 Å². The highest BCUT2D eigenvalue weighted by Gasteiger charge is 2.22. The molecule has 0 unspecified atom stereocenters. The van der Waals surface area contributed by atoms with Crippen LogP contribution in [0.2, 0.25) is 0 Å².